The van der Waals surface area contributed by atoms with Crippen LogP contribution in [0.15, 0.2) is 18.2 Å². The van der Waals surface area contributed by atoms with E-state index in [0.717, 1.165) is 0 Å². The number of carbonyl (C=O) groups excluding carboxylic acids is 1. The Kier molecular flexibility index (Phi) is 4.01. The first-order chi connectivity index (χ1) is 8.97. The maximum absolute atomic E-state index is 11.8. The third-order valence-corrected chi connectivity index (χ3v) is 3.47. The number of amides is 1. The fraction of sp³-hybridized carbons (Fsp3) is 0.417. The van der Waals surface area contributed by atoms with Gasteiger partial charge < -0.3 is 10.4 Å². The van der Waals surface area contributed by atoms with Gasteiger partial charge in [-0.05, 0) is 30.9 Å². The summed E-state index contributed by atoms with van der Waals surface area (Å²) in [6.45, 7) is 0.491. The topological polar surface area (TPSA) is 92.5 Å². The molecule has 19 heavy (non-hydrogen) atoms. The van der Waals surface area contributed by atoms with Gasteiger partial charge in [-0.2, -0.15) is 0 Å². The van der Waals surface area contributed by atoms with E-state index in [1.165, 1.54) is 18.2 Å². The van der Waals surface area contributed by atoms with Crippen LogP contribution in [0.25, 0.3) is 0 Å². The maximum Gasteiger partial charge on any atom is 0.287 e. The number of aliphatic hydroxyl groups is 1. The minimum Gasteiger partial charge on any atom is -0.393 e. The Balaban J connectivity index is 1.95. The quantitative estimate of drug-likeness (QED) is 0.651. The second-order valence-corrected chi connectivity index (χ2v) is 5.03. The third-order valence-electron chi connectivity index (χ3n) is 3.17. The number of hydrogen-bond donors (Lipinski definition) is 2. The van der Waals surface area contributed by atoms with Crippen molar-refractivity contribution in [2.24, 2.45) is 5.92 Å². The number of nitrogens with one attached hydrogen (secondary N) is 1. The molecule has 0 heterocycles. The van der Waals surface area contributed by atoms with Gasteiger partial charge in [0.15, 0.2) is 0 Å². The Morgan fingerprint density at radius 3 is 2.74 bits per heavy atom. The van der Waals surface area contributed by atoms with E-state index < -0.39 is 4.92 Å². The van der Waals surface area contributed by atoms with Crippen molar-refractivity contribution in [3.05, 3.63) is 38.9 Å². The number of nitrogens with zero attached hydrogens (tertiary/aromatic N) is 1. The number of halogens is 1. The van der Waals surface area contributed by atoms with E-state index in [1.54, 1.807) is 0 Å². The van der Waals surface area contributed by atoms with Crippen LogP contribution in [0.4, 0.5) is 5.69 Å². The highest BCUT2D eigenvalue weighted by atomic mass is 35.5. The zero-order chi connectivity index (χ0) is 14.0. The molecule has 1 amide bonds. The Bertz CT molecular complexity index is 514. The SMILES string of the molecule is O=C(NCC1CC(O)C1)c1ccc([N+](=O)[O-])c(Cl)c1. The number of nitro benzene ring substituents is 1. The fourth-order valence-corrected chi connectivity index (χ4v) is 2.25. The van der Waals surface area contributed by atoms with Gasteiger partial charge in [0, 0.05) is 18.2 Å². The molecule has 1 aliphatic rings. The lowest BCUT2D eigenvalue weighted by Crippen LogP contribution is -2.38. The van der Waals surface area contributed by atoms with E-state index in [2.05, 4.69) is 5.32 Å². The van der Waals surface area contributed by atoms with Crippen molar-refractivity contribution in [3.63, 3.8) is 0 Å². The predicted octanol–water partition coefficient (Wildman–Crippen LogP) is 1.75. The zero-order valence-electron chi connectivity index (χ0n) is 10.0. The van der Waals surface area contributed by atoms with Crippen molar-refractivity contribution in [2.75, 3.05) is 6.54 Å². The van der Waals surface area contributed by atoms with Crippen LogP contribution in [-0.4, -0.2) is 28.6 Å². The number of aliphatic hydroxyl groups excluding tert-OH is 1. The highest BCUT2D eigenvalue weighted by Gasteiger charge is 2.27. The molecule has 0 aromatic heterocycles. The molecule has 0 radical (unpaired) electrons. The van der Waals surface area contributed by atoms with Crippen LogP contribution in [0.1, 0.15) is 23.2 Å². The lowest BCUT2D eigenvalue weighted by Gasteiger charge is -2.31. The summed E-state index contributed by atoms with van der Waals surface area (Å²) < 4.78 is 0. The Morgan fingerprint density at radius 2 is 2.21 bits per heavy atom. The molecule has 0 spiro atoms. The highest BCUT2D eigenvalue weighted by molar-refractivity contribution is 6.33. The molecule has 1 aromatic rings. The first-order valence-electron chi connectivity index (χ1n) is 5.87. The van der Waals surface area contributed by atoms with E-state index in [-0.39, 0.29) is 28.3 Å². The molecular weight excluding hydrogens is 272 g/mol. The number of hydrogen-bond acceptors (Lipinski definition) is 4. The van der Waals surface area contributed by atoms with Crippen LogP contribution >= 0.6 is 11.6 Å². The molecule has 6 nitrogen and oxygen atoms in total. The predicted molar refractivity (Wildman–Crippen MR) is 69.2 cm³/mol. The van der Waals surface area contributed by atoms with Crippen LogP contribution in [-0.2, 0) is 0 Å². The molecule has 2 N–H and O–H groups in total. The monoisotopic (exact) mass is 284 g/mol. The summed E-state index contributed by atoms with van der Waals surface area (Å²) >= 11 is 5.73. The van der Waals surface area contributed by atoms with Crippen molar-refractivity contribution in [1.82, 2.24) is 5.32 Å². The summed E-state index contributed by atoms with van der Waals surface area (Å²) in [4.78, 5) is 21.8. The summed E-state index contributed by atoms with van der Waals surface area (Å²) in [6, 6.07) is 3.87. The molecule has 1 aromatic carbocycles. The third kappa shape index (κ3) is 3.21. The molecule has 1 fully saturated rings. The van der Waals surface area contributed by atoms with Gasteiger partial charge in [-0.25, -0.2) is 0 Å². The smallest absolute Gasteiger partial charge is 0.287 e. The number of rotatable bonds is 4. The summed E-state index contributed by atoms with van der Waals surface area (Å²) in [7, 11) is 0. The minimum absolute atomic E-state index is 0.0586. The highest BCUT2D eigenvalue weighted by Crippen LogP contribution is 2.27. The molecule has 1 saturated carbocycles. The molecular formula is C12H13ClN2O4. The van der Waals surface area contributed by atoms with Gasteiger partial charge in [-0.15, -0.1) is 0 Å². The summed E-state index contributed by atoms with van der Waals surface area (Å²) in [5, 5.41) is 22.4. The maximum atomic E-state index is 11.8. The average molecular weight is 285 g/mol. The molecule has 2 rings (SSSR count). The Morgan fingerprint density at radius 1 is 1.53 bits per heavy atom. The van der Waals surface area contributed by atoms with Gasteiger partial charge in [-0.1, -0.05) is 11.6 Å². The van der Waals surface area contributed by atoms with Crippen molar-refractivity contribution in [3.8, 4) is 0 Å². The van der Waals surface area contributed by atoms with Crippen LogP contribution < -0.4 is 5.32 Å². The first-order valence-corrected chi connectivity index (χ1v) is 6.25. The molecule has 0 aliphatic heterocycles. The normalized spacial score (nSPS) is 21.6. The standard InChI is InChI=1S/C12H13ClN2O4/c13-10-5-8(1-2-11(10)15(18)19)12(17)14-6-7-3-9(16)4-7/h1-2,5,7,9,16H,3-4,6H2,(H,14,17). The van der Waals surface area contributed by atoms with Crippen LogP contribution in [0, 0.1) is 16.0 Å². The number of nitro groups is 1. The van der Waals surface area contributed by atoms with Crippen molar-refractivity contribution in [1.29, 1.82) is 0 Å². The van der Waals surface area contributed by atoms with Crippen LogP contribution in [0.3, 0.4) is 0 Å². The molecule has 1 aliphatic carbocycles. The molecule has 7 heteroatoms. The van der Waals surface area contributed by atoms with Gasteiger partial charge in [0.2, 0.25) is 0 Å². The Hall–Kier alpha value is -1.66. The second kappa shape index (κ2) is 5.54. The van der Waals surface area contributed by atoms with Gasteiger partial charge in [-0.3, -0.25) is 14.9 Å². The molecule has 0 bridgehead atoms. The van der Waals surface area contributed by atoms with Crippen molar-refractivity contribution >= 4 is 23.2 Å². The van der Waals surface area contributed by atoms with E-state index in [0.29, 0.717) is 25.3 Å². The number of benzene rings is 1. The minimum atomic E-state index is -0.597. The second-order valence-electron chi connectivity index (χ2n) is 4.62. The Labute approximate surface area is 114 Å². The van der Waals surface area contributed by atoms with E-state index >= 15 is 0 Å². The van der Waals surface area contributed by atoms with Gasteiger partial charge in [0.1, 0.15) is 5.02 Å². The molecule has 0 saturated heterocycles. The molecule has 0 unspecified atom stereocenters. The summed E-state index contributed by atoms with van der Waals surface area (Å²) in [5.74, 6) is -0.0225. The largest absolute Gasteiger partial charge is 0.393 e. The lowest BCUT2D eigenvalue weighted by molar-refractivity contribution is -0.384. The lowest BCUT2D eigenvalue weighted by atomic mass is 9.82. The van der Waals surface area contributed by atoms with Crippen LogP contribution in [0.5, 0.6) is 0 Å². The van der Waals surface area contributed by atoms with Gasteiger partial charge >= 0.3 is 0 Å². The van der Waals surface area contributed by atoms with E-state index in [4.69, 9.17) is 16.7 Å². The summed E-state index contributed by atoms with van der Waals surface area (Å²) in [6.07, 6.45) is 1.14. The van der Waals surface area contributed by atoms with Crippen LogP contribution in [0.2, 0.25) is 5.02 Å². The average Bonchev–Trinajstić information content (AvgIpc) is 2.32. The van der Waals surface area contributed by atoms with E-state index in [1.807, 2.05) is 0 Å². The zero-order valence-corrected chi connectivity index (χ0v) is 10.8. The van der Waals surface area contributed by atoms with E-state index in [9.17, 15) is 14.9 Å². The molecule has 0 atom stereocenters. The van der Waals surface area contributed by atoms with Crippen molar-refractivity contribution < 1.29 is 14.8 Å². The first kappa shape index (κ1) is 13.8. The van der Waals surface area contributed by atoms with Gasteiger partial charge in [0.05, 0.1) is 11.0 Å². The van der Waals surface area contributed by atoms with Gasteiger partial charge in [0.25, 0.3) is 11.6 Å². The van der Waals surface area contributed by atoms with Crippen molar-refractivity contribution in [2.45, 2.75) is 18.9 Å². The number of carbonyl (C=O) groups is 1. The molecule has 102 valence electrons. The fourth-order valence-electron chi connectivity index (χ4n) is 2.00. The summed E-state index contributed by atoms with van der Waals surface area (Å²) in [5.41, 5.74) is 0.0656.